The molecule has 1 fully saturated rings. The molecule has 3 rings (SSSR count). The Bertz CT molecular complexity index is 1130. The van der Waals surface area contributed by atoms with Gasteiger partial charge in [0.05, 0.1) is 34.9 Å². The van der Waals surface area contributed by atoms with Crippen molar-refractivity contribution in [3.63, 3.8) is 0 Å². The second-order valence-electron chi connectivity index (χ2n) is 6.77. The van der Waals surface area contributed by atoms with Gasteiger partial charge in [0.1, 0.15) is 6.61 Å². The molecule has 172 valence electrons. The van der Waals surface area contributed by atoms with Crippen molar-refractivity contribution in [2.24, 2.45) is 4.99 Å². The summed E-state index contributed by atoms with van der Waals surface area (Å²) in [5.74, 6) is 0.307. The Morgan fingerprint density at radius 1 is 1.24 bits per heavy atom. The number of aliphatic imine (C=N–C) groups is 1. The molecule has 1 aliphatic heterocycles. The number of ether oxygens (including phenoxy) is 3. The van der Waals surface area contributed by atoms with E-state index in [1.54, 1.807) is 55.6 Å². The van der Waals surface area contributed by atoms with Gasteiger partial charge in [0.2, 0.25) is 0 Å². The van der Waals surface area contributed by atoms with Gasteiger partial charge < -0.3 is 14.2 Å². The molecule has 33 heavy (non-hydrogen) atoms. The molecule has 0 unspecified atom stereocenters. The van der Waals surface area contributed by atoms with Gasteiger partial charge in [-0.15, -0.1) is 0 Å². The van der Waals surface area contributed by atoms with E-state index in [9.17, 15) is 9.59 Å². The van der Waals surface area contributed by atoms with E-state index in [4.69, 9.17) is 25.8 Å². The second-order valence-corrected chi connectivity index (χ2v) is 8.19. The molecule has 0 radical (unpaired) electrons. The fourth-order valence-corrected chi connectivity index (χ4v) is 4.18. The maximum atomic E-state index is 12.8. The van der Waals surface area contributed by atoms with Crippen molar-refractivity contribution in [3.05, 3.63) is 70.1 Å². The number of benzene rings is 2. The third-order valence-corrected chi connectivity index (χ3v) is 5.83. The Morgan fingerprint density at radius 3 is 2.61 bits per heavy atom. The molecule has 0 atom stereocenters. The van der Waals surface area contributed by atoms with Crippen LogP contribution in [0.25, 0.3) is 6.08 Å². The number of amidine groups is 1. The summed E-state index contributed by atoms with van der Waals surface area (Å²) in [5, 5.41) is 0.886. The van der Waals surface area contributed by atoms with E-state index in [0.29, 0.717) is 56.6 Å². The Labute approximate surface area is 201 Å². The van der Waals surface area contributed by atoms with E-state index in [-0.39, 0.29) is 5.91 Å². The Balaban J connectivity index is 1.88. The standard InChI is InChI=1S/C24H23ClN2O5S/c1-5-11-32-21-18(25)12-15(13-19(21)31-6-2)14-20-22(28)27(3)24(33-20)26-17-9-7-16(8-10-17)23(29)30-4/h5,7-10,12-14H,1,6,11H2,2-4H3. The minimum Gasteiger partial charge on any atom is -0.490 e. The van der Waals surface area contributed by atoms with Gasteiger partial charge in [-0.2, -0.15) is 0 Å². The fourth-order valence-electron chi connectivity index (χ4n) is 2.92. The topological polar surface area (TPSA) is 77.4 Å². The first kappa shape index (κ1) is 24.4. The minimum absolute atomic E-state index is 0.189. The van der Waals surface area contributed by atoms with Crippen LogP contribution in [0, 0.1) is 0 Å². The van der Waals surface area contributed by atoms with Crippen LogP contribution >= 0.6 is 23.4 Å². The van der Waals surface area contributed by atoms with Crippen LogP contribution in [-0.2, 0) is 9.53 Å². The van der Waals surface area contributed by atoms with Gasteiger partial charge in [-0.1, -0.05) is 24.3 Å². The largest absolute Gasteiger partial charge is 0.490 e. The van der Waals surface area contributed by atoms with E-state index in [0.717, 1.165) is 0 Å². The molecular weight excluding hydrogens is 464 g/mol. The van der Waals surface area contributed by atoms with E-state index >= 15 is 0 Å². The maximum absolute atomic E-state index is 12.8. The maximum Gasteiger partial charge on any atom is 0.337 e. The summed E-state index contributed by atoms with van der Waals surface area (Å²) in [4.78, 5) is 30.9. The molecule has 1 amide bonds. The predicted octanol–water partition coefficient (Wildman–Crippen LogP) is 5.32. The summed E-state index contributed by atoms with van der Waals surface area (Å²) in [6.07, 6.45) is 3.35. The number of rotatable bonds is 8. The normalized spacial score (nSPS) is 15.8. The van der Waals surface area contributed by atoms with Crippen molar-refractivity contribution < 1.29 is 23.8 Å². The number of likely N-dealkylation sites (N-methyl/N-ethyl adjacent to an activating group) is 1. The molecule has 9 heteroatoms. The van der Waals surface area contributed by atoms with Crippen molar-refractivity contribution in [2.75, 3.05) is 27.4 Å². The lowest BCUT2D eigenvalue weighted by Gasteiger charge is -2.13. The van der Waals surface area contributed by atoms with Gasteiger partial charge in [-0.3, -0.25) is 9.69 Å². The van der Waals surface area contributed by atoms with Crippen LogP contribution in [0.2, 0.25) is 5.02 Å². The number of halogens is 1. The lowest BCUT2D eigenvalue weighted by atomic mass is 10.1. The van der Waals surface area contributed by atoms with Gasteiger partial charge in [0.15, 0.2) is 16.7 Å². The molecule has 0 spiro atoms. The number of carbonyl (C=O) groups is 2. The van der Waals surface area contributed by atoms with Crippen LogP contribution in [0.1, 0.15) is 22.8 Å². The monoisotopic (exact) mass is 486 g/mol. The van der Waals surface area contributed by atoms with Gasteiger partial charge in [-0.25, -0.2) is 9.79 Å². The highest BCUT2D eigenvalue weighted by Gasteiger charge is 2.30. The Kier molecular flexibility index (Phi) is 8.19. The predicted molar refractivity (Wildman–Crippen MR) is 132 cm³/mol. The molecule has 0 N–H and O–H groups in total. The number of amides is 1. The number of methoxy groups -OCH3 is 1. The van der Waals surface area contributed by atoms with Gasteiger partial charge in [-0.05, 0) is 66.7 Å². The molecule has 2 aromatic rings. The van der Waals surface area contributed by atoms with Crippen molar-refractivity contribution in [2.45, 2.75) is 6.92 Å². The number of carbonyl (C=O) groups excluding carboxylic acids is 2. The highest BCUT2D eigenvalue weighted by Crippen LogP contribution is 2.39. The van der Waals surface area contributed by atoms with E-state index in [1.807, 2.05) is 6.92 Å². The summed E-state index contributed by atoms with van der Waals surface area (Å²) in [6, 6.07) is 10.1. The third-order valence-electron chi connectivity index (χ3n) is 4.49. The number of esters is 1. The average molecular weight is 487 g/mol. The van der Waals surface area contributed by atoms with Crippen LogP contribution in [-0.4, -0.2) is 49.3 Å². The summed E-state index contributed by atoms with van der Waals surface area (Å²) in [6.45, 7) is 6.23. The number of nitrogens with zero attached hydrogens (tertiary/aromatic N) is 2. The van der Waals surface area contributed by atoms with Crippen LogP contribution in [0.3, 0.4) is 0 Å². The highest BCUT2D eigenvalue weighted by molar-refractivity contribution is 8.18. The van der Waals surface area contributed by atoms with Crippen LogP contribution in [0.15, 0.2) is 59.0 Å². The van der Waals surface area contributed by atoms with Crippen LogP contribution < -0.4 is 9.47 Å². The molecule has 1 heterocycles. The highest BCUT2D eigenvalue weighted by atomic mass is 35.5. The fraction of sp³-hybridized carbons (Fsp3) is 0.208. The average Bonchev–Trinajstić information content (AvgIpc) is 3.06. The van der Waals surface area contributed by atoms with E-state index in [1.165, 1.54) is 23.8 Å². The SMILES string of the molecule is C=CCOc1c(Cl)cc(C=C2SC(=Nc3ccc(C(=O)OC)cc3)N(C)C2=O)cc1OCC. The van der Waals surface area contributed by atoms with E-state index in [2.05, 4.69) is 11.6 Å². The minimum atomic E-state index is -0.423. The summed E-state index contributed by atoms with van der Waals surface area (Å²) < 4.78 is 16.0. The second kappa shape index (κ2) is 11.1. The van der Waals surface area contributed by atoms with Crippen molar-refractivity contribution >= 4 is 52.2 Å². The lowest BCUT2D eigenvalue weighted by molar-refractivity contribution is -0.121. The van der Waals surface area contributed by atoms with Gasteiger partial charge in [0, 0.05) is 7.05 Å². The number of hydrogen-bond donors (Lipinski definition) is 0. The number of hydrogen-bond acceptors (Lipinski definition) is 7. The van der Waals surface area contributed by atoms with Crippen molar-refractivity contribution in [1.29, 1.82) is 0 Å². The first-order valence-corrected chi connectivity index (χ1v) is 11.2. The Morgan fingerprint density at radius 2 is 1.97 bits per heavy atom. The molecule has 2 aromatic carbocycles. The molecule has 0 aliphatic carbocycles. The molecule has 0 saturated carbocycles. The smallest absolute Gasteiger partial charge is 0.337 e. The third kappa shape index (κ3) is 5.77. The summed E-state index contributed by atoms with van der Waals surface area (Å²) in [7, 11) is 2.98. The first-order valence-electron chi connectivity index (χ1n) is 10.0. The van der Waals surface area contributed by atoms with Crippen LogP contribution in [0.4, 0.5) is 5.69 Å². The van der Waals surface area contributed by atoms with Gasteiger partial charge >= 0.3 is 5.97 Å². The molecule has 7 nitrogen and oxygen atoms in total. The molecule has 1 aliphatic rings. The zero-order valence-corrected chi connectivity index (χ0v) is 20.0. The molecule has 0 aromatic heterocycles. The van der Waals surface area contributed by atoms with Gasteiger partial charge in [0.25, 0.3) is 5.91 Å². The zero-order valence-electron chi connectivity index (χ0n) is 18.5. The zero-order chi connectivity index (χ0) is 24.0. The quantitative estimate of drug-likeness (QED) is 0.285. The van der Waals surface area contributed by atoms with E-state index < -0.39 is 5.97 Å². The lowest BCUT2D eigenvalue weighted by Crippen LogP contribution is -2.23. The Hall–Kier alpha value is -3.23. The number of thioether (sulfide) groups is 1. The van der Waals surface area contributed by atoms with Crippen molar-refractivity contribution in [1.82, 2.24) is 4.90 Å². The molecular formula is C24H23ClN2O5S. The first-order chi connectivity index (χ1) is 15.9. The van der Waals surface area contributed by atoms with Crippen LogP contribution in [0.5, 0.6) is 11.5 Å². The molecule has 0 bridgehead atoms. The summed E-state index contributed by atoms with van der Waals surface area (Å²) in [5.41, 5.74) is 1.73. The summed E-state index contributed by atoms with van der Waals surface area (Å²) >= 11 is 7.65. The van der Waals surface area contributed by atoms with Crippen molar-refractivity contribution in [3.8, 4) is 11.5 Å². The molecule has 1 saturated heterocycles.